The molecule has 4 N–H and O–H groups in total. The number of rotatable bonds is 5. The molecule has 0 radical (unpaired) electrons. The van der Waals surface area contributed by atoms with Gasteiger partial charge in [-0.2, -0.15) is 0 Å². The predicted molar refractivity (Wildman–Crippen MR) is 107 cm³/mol. The van der Waals surface area contributed by atoms with E-state index in [1.807, 2.05) is 31.1 Å². The van der Waals surface area contributed by atoms with E-state index in [0.717, 1.165) is 5.69 Å². The number of aliphatic hydroxyl groups excluding tert-OH is 1. The summed E-state index contributed by atoms with van der Waals surface area (Å²) in [5.74, 6) is 0. The van der Waals surface area contributed by atoms with Crippen molar-refractivity contribution >= 4 is 32.2 Å². The predicted octanol–water partition coefficient (Wildman–Crippen LogP) is 2.66. The third kappa shape index (κ3) is 4.82. The molecule has 0 spiro atoms. The van der Waals surface area contributed by atoms with Crippen LogP contribution in [0.4, 0.5) is 16.2 Å². The fourth-order valence-electron chi connectivity index (χ4n) is 2.19. The fourth-order valence-corrected chi connectivity index (χ4v) is 3.52. The van der Waals surface area contributed by atoms with Gasteiger partial charge in [0, 0.05) is 37.1 Å². The van der Waals surface area contributed by atoms with Gasteiger partial charge in [-0.15, -0.1) is 0 Å². The zero-order chi connectivity index (χ0) is 20.4. The third-order valence-corrected chi connectivity index (χ3v) is 5.94. The highest BCUT2D eigenvalue weighted by Gasteiger charge is 2.26. The molecule has 0 aliphatic carbocycles. The number of carbonyl (C=O) groups excluding carboxylic acids is 1. The quantitative estimate of drug-likeness (QED) is 0.579. The lowest BCUT2D eigenvalue weighted by atomic mass is 10.0. The van der Waals surface area contributed by atoms with Crippen molar-refractivity contribution in [1.82, 2.24) is 4.72 Å². The van der Waals surface area contributed by atoms with Gasteiger partial charge in [0.05, 0.1) is 11.9 Å². The minimum absolute atomic E-state index is 0.155. The highest BCUT2D eigenvalue weighted by atomic mass is 32.2. The van der Waals surface area contributed by atoms with Crippen molar-refractivity contribution in [2.45, 2.75) is 31.5 Å². The van der Waals surface area contributed by atoms with Crippen LogP contribution in [0.5, 0.6) is 0 Å². The number of hydrogen-bond donors (Lipinski definition) is 4. The first-order chi connectivity index (χ1) is 12.4. The molecule has 0 saturated heterocycles. The zero-order valence-electron chi connectivity index (χ0n) is 15.9. The number of nitrogens with zero attached hydrogens (tertiary/aromatic N) is 1. The summed E-state index contributed by atoms with van der Waals surface area (Å²) in [7, 11) is 0.256. The van der Waals surface area contributed by atoms with Gasteiger partial charge in [0.2, 0.25) is 5.09 Å². The molecule has 2 rings (SSSR count). The summed E-state index contributed by atoms with van der Waals surface area (Å²) in [4.78, 5) is 14.2. The Hall–Kier alpha value is -2.49. The average Bonchev–Trinajstić information content (AvgIpc) is 3.05. The van der Waals surface area contributed by atoms with Crippen LogP contribution >= 0.6 is 0 Å². The molecular formula is C18H25N3O5S. The molecule has 8 nitrogen and oxygen atoms in total. The van der Waals surface area contributed by atoms with Crippen LogP contribution in [-0.2, 0) is 15.3 Å². The van der Waals surface area contributed by atoms with Gasteiger partial charge in [-0.05, 0) is 45.0 Å². The number of aliphatic hydroxyl groups is 2. The maximum Gasteiger partial charge on any atom is 0.331 e. The topological polar surface area (TPSA) is 115 Å². The van der Waals surface area contributed by atoms with Crippen molar-refractivity contribution < 1.29 is 23.6 Å². The highest BCUT2D eigenvalue weighted by Crippen LogP contribution is 2.25. The summed E-state index contributed by atoms with van der Waals surface area (Å²) < 4.78 is 20.6. The van der Waals surface area contributed by atoms with Crippen molar-refractivity contribution in [2.24, 2.45) is 0 Å². The molecule has 27 heavy (non-hydrogen) atoms. The first kappa shape index (κ1) is 20.8. The zero-order valence-corrected chi connectivity index (χ0v) is 16.8. The van der Waals surface area contributed by atoms with Crippen molar-refractivity contribution in [3.05, 3.63) is 42.2 Å². The van der Waals surface area contributed by atoms with Crippen LogP contribution in [0.25, 0.3) is 0 Å². The Morgan fingerprint density at radius 3 is 2.26 bits per heavy atom. The second kappa shape index (κ2) is 7.63. The number of hydrogen-bond acceptors (Lipinski definition) is 5. The Bertz CT molecular complexity index is 929. The molecule has 2 aromatic rings. The van der Waals surface area contributed by atoms with E-state index in [-0.39, 0.29) is 5.09 Å². The van der Waals surface area contributed by atoms with E-state index in [1.165, 1.54) is 33.1 Å². The van der Waals surface area contributed by atoms with Gasteiger partial charge in [0.1, 0.15) is 14.8 Å². The standard InChI is InChI=1S/C18H25N3O5S/c1-12(22)27(25,16-10-13(11-26-16)18(2,3)24)20-17(23)19-14-6-8-15(9-7-14)21(4)5/h6-11,22,24H,1-5H3,(H2,19,20,23,25). The lowest BCUT2D eigenvalue weighted by Gasteiger charge is -2.15. The van der Waals surface area contributed by atoms with Crippen LogP contribution in [0.3, 0.4) is 0 Å². The van der Waals surface area contributed by atoms with Gasteiger partial charge >= 0.3 is 6.03 Å². The first-order valence-electron chi connectivity index (χ1n) is 8.18. The Labute approximate surface area is 158 Å². The highest BCUT2D eigenvalue weighted by molar-refractivity contribution is 8.00. The molecule has 2 amide bonds. The summed E-state index contributed by atoms with van der Waals surface area (Å²) in [6, 6.07) is 7.61. The number of carbonyl (C=O) groups is 1. The number of amides is 2. The summed E-state index contributed by atoms with van der Waals surface area (Å²) in [6.07, 6.45) is 1.23. The Kier molecular flexibility index (Phi) is 5.88. The van der Waals surface area contributed by atoms with Crippen molar-refractivity contribution in [1.29, 1.82) is 0 Å². The number of benzene rings is 1. The minimum atomic E-state index is -3.54. The molecule has 1 aromatic heterocycles. The Balaban J connectivity index is 2.23. The molecule has 0 saturated carbocycles. The molecule has 1 unspecified atom stereocenters. The van der Waals surface area contributed by atoms with E-state index in [0.29, 0.717) is 11.3 Å². The van der Waals surface area contributed by atoms with Crippen LogP contribution in [0.2, 0.25) is 0 Å². The number of nitrogens with one attached hydrogen (secondary N) is 2. The molecule has 1 heterocycles. The number of furan rings is 1. The van der Waals surface area contributed by atoms with Crippen LogP contribution in [-0.4, -0.2) is 39.6 Å². The lowest BCUT2D eigenvalue weighted by Crippen LogP contribution is -2.37. The van der Waals surface area contributed by atoms with Crippen LogP contribution in [0.15, 0.2) is 46.1 Å². The molecular weight excluding hydrogens is 370 g/mol. The summed E-state index contributed by atoms with van der Waals surface area (Å²) in [5.41, 5.74) is 0.598. The molecule has 1 aromatic carbocycles. The van der Waals surface area contributed by atoms with E-state index >= 15 is 0 Å². The van der Waals surface area contributed by atoms with Gasteiger partial charge in [0.25, 0.3) is 0 Å². The molecule has 148 valence electrons. The molecule has 9 heteroatoms. The summed E-state index contributed by atoms with van der Waals surface area (Å²) in [6.45, 7) is 4.29. The van der Waals surface area contributed by atoms with Crippen molar-refractivity contribution in [3.8, 4) is 0 Å². The van der Waals surface area contributed by atoms with Crippen LogP contribution < -0.4 is 14.9 Å². The van der Waals surface area contributed by atoms with E-state index in [4.69, 9.17) is 4.42 Å². The first-order valence-corrected chi connectivity index (χ1v) is 9.73. The number of anilines is 2. The monoisotopic (exact) mass is 395 g/mol. The fraction of sp³-hybridized carbons (Fsp3) is 0.333. The van der Waals surface area contributed by atoms with E-state index in [1.54, 1.807) is 12.1 Å². The lowest BCUT2D eigenvalue weighted by molar-refractivity contribution is 0.0779. The third-order valence-electron chi connectivity index (χ3n) is 3.86. The van der Waals surface area contributed by atoms with Gasteiger partial charge < -0.3 is 24.8 Å². The van der Waals surface area contributed by atoms with Crippen molar-refractivity contribution in [2.75, 3.05) is 24.3 Å². The smallest absolute Gasteiger partial charge is 0.331 e. The van der Waals surface area contributed by atoms with E-state index < -0.39 is 26.4 Å². The van der Waals surface area contributed by atoms with Gasteiger partial charge in [-0.1, -0.05) is 0 Å². The van der Waals surface area contributed by atoms with Crippen LogP contribution in [0, 0.1) is 0 Å². The minimum Gasteiger partial charge on any atom is -0.454 e. The normalized spacial score (nSPS) is 13.6. The maximum atomic E-state index is 13.1. The Morgan fingerprint density at radius 2 is 1.81 bits per heavy atom. The van der Waals surface area contributed by atoms with Gasteiger partial charge in [0.15, 0.2) is 0 Å². The molecule has 0 aliphatic heterocycles. The van der Waals surface area contributed by atoms with E-state index in [9.17, 15) is 19.2 Å². The van der Waals surface area contributed by atoms with Crippen LogP contribution in [0.1, 0.15) is 26.3 Å². The largest absolute Gasteiger partial charge is 0.454 e. The average molecular weight is 395 g/mol. The van der Waals surface area contributed by atoms with E-state index in [2.05, 4.69) is 10.0 Å². The maximum absolute atomic E-state index is 13.1. The summed E-state index contributed by atoms with van der Waals surface area (Å²) >= 11 is 0. The van der Waals surface area contributed by atoms with Crippen molar-refractivity contribution in [3.63, 3.8) is 0 Å². The molecule has 0 bridgehead atoms. The number of urea groups is 1. The Morgan fingerprint density at radius 1 is 1.22 bits per heavy atom. The SMILES string of the molecule is CC(O)=S(=O)(NC(=O)Nc1ccc(N(C)C)cc1)c1cc(C(C)(C)O)co1. The summed E-state index contributed by atoms with van der Waals surface area (Å²) in [5, 5.41) is 21.8. The molecule has 0 fully saturated rings. The molecule has 1 atom stereocenters. The van der Waals surface area contributed by atoms with Gasteiger partial charge in [-0.25, -0.2) is 9.00 Å². The molecule has 0 aliphatic rings. The van der Waals surface area contributed by atoms with Gasteiger partial charge in [-0.3, -0.25) is 4.72 Å². The second-order valence-electron chi connectivity index (χ2n) is 6.79. The second-order valence-corrected chi connectivity index (χ2v) is 9.10.